The summed E-state index contributed by atoms with van der Waals surface area (Å²) in [5, 5.41) is 15.1. The Balaban J connectivity index is 1.68. The van der Waals surface area contributed by atoms with Gasteiger partial charge in [-0.2, -0.15) is 0 Å². The van der Waals surface area contributed by atoms with Crippen molar-refractivity contribution in [2.45, 2.75) is 44.7 Å². The van der Waals surface area contributed by atoms with Crippen molar-refractivity contribution in [3.05, 3.63) is 29.8 Å². The summed E-state index contributed by atoms with van der Waals surface area (Å²) in [6.45, 7) is 2.76. The first-order valence-electron chi connectivity index (χ1n) is 8.46. The zero-order valence-corrected chi connectivity index (χ0v) is 14.4. The number of benzene rings is 1. The first-order valence-corrected chi connectivity index (χ1v) is 8.46. The molecule has 1 saturated heterocycles. The quantitative estimate of drug-likeness (QED) is 0.696. The van der Waals surface area contributed by atoms with Crippen LogP contribution in [0, 0.1) is 0 Å². The van der Waals surface area contributed by atoms with Crippen LogP contribution in [0.2, 0.25) is 0 Å². The second-order valence-corrected chi connectivity index (χ2v) is 6.46. The minimum absolute atomic E-state index is 0.0150. The van der Waals surface area contributed by atoms with Crippen molar-refractivity contribution in [2.24, 2.45) is 0 Å². The van der Waals surface area contributed by atoms with Crippen molar-refractivity contribution in [3.63, 3.8) is 0 Å². The third kappa shape index (κ3) is 5.53. The van der Waals surface area contributed by atoms with Gasteiger partial charge in [0.1, 0.15) is 5.75 Å². The number of aromatic hydroxyl groups is 1. The fourth-order valence-electron chi connectivity index (χ4n) is 3.14. The lowest BCUT2D eigenvalue weighted by Gasteiger charge is -2.25. The van der Waals surface area contributed by atoms with Gasteiger partial charge in [-0.15, -0.1) is 0 Å². The highest BCUT2D eigenvalue weighted by Gasteiger charge is 2.31. The molecular formula is C18H27N3O3. The fraction of sp³-hybridized carbons (Fsp3) is 0.556. The molecule has 6 nitrogen and oxygen atoms in total. The van der Waals surface area contributed by atoms with Crippen LogP contribution in [0.25, 0.3) is 0 Å². The molecule has 0 aromatic heterocycles. The molecule has 6 heteroatoms. The number of carbonyl (C=O) groups excluding carboxylic acids is 2. The monoisotopic (exact) mass is 333 g/mol. The highest BCUT2D eigenvalue weighted by Crippen LogP contribution is 2.24. The Morgan fingerprint density at radius 1 is 1.17 bits per heavy atom. The highest BCUT2D eigenvalue weighted by molar-refractivity contribution is 5.76. The molecule has 24 heavy (non-hydrogen) atoms. The summed E-state index contributed by atoms with van der Waals surface area (Å²) >= 11 is 0. The Kier molecular flexibility index (Phi) is 6.61. The molecule has 3 N–H and O–H groups in total. The molecule has 1 aromatic carbocycles. The number of likely N-dealkylation sites (tertiary alicyclic amines) is 1. The van der Waals surface area contributed by atoms with E-state index in [0.29, 0.717) is 25.6 Å². The van der Waals surface area contributed by atoms with Gasteiger partial charge < -0.3 is 15.7 Å². The maximum Gasteiger partial charge on any atom is 0.221 e. The van der Waals surface area contributed by atoms with Crippen LogP contribution >= 0.6 is 0 Å². The van der Waals surface area contributed by atoms with E-state index in [1.54, 1.807) is 12.1 Å². The molecule has 1 aliphatic rings. The maximum atomic E-state index is 12.1. The summed E-state index contributed by atoms with van der Waals surface area (Å²) in [4.78, 5) is 25.3. The summed E-state index contributed by atoms with van der Waals surface area (Å²) in [5.74, 6) is 0.297. The molecule has 1 aliphatic heterocycles. The zero-order chi connectivity index (χ0) is 17.5. The molecule has 0 saturated carbocycles. The van der Waals surface area contributed by atoms with Gasteiger partial charge in [0.05, 0.1) is 0 Å². The molecule has 1 fully saturated rings. The Morgan fingerprint density at radius 2 is 1.83 bits per heavy atom. The van der Waals surface area contributed by atoms with Gasteiger partial charge in [0.2, 0.25) is 11.8 Å². The number of carbonyl (C=O) groups is 2. The van der Waals surface area contributed by atoms with Gasteiger partial charge in [-0.1, -0.05) is 12.1 Å². The predicted octanol–water partition coefficient (Wildman–Crippen LogP) is 1.04. The van der Waals surface area contributed by atoms with E-state index < -0.39 is 0 Å². The molecule has 1 aromatic rings. The summed E-state index contributed by atoms with van der Waals surface area (Å²) < 4.78 is 0. The maximum absolute atomic E-state index is 12.1. The molecular weight excluding hydrogens is 306 g/mol. The van der Waals surface area contributed by atoms with Gasteiger partial charge in [0.15, 0.2) is 0 Å². The first kappa shape index (κ1) is 18.3. The van der Waals surface area contributed by atoms with Gasteiger partial charge in [0.25, 0.3) is 0 Å². The van der Waals surface area contributed by atoms with E-state index in [4.69, 9.17) is 0 Å². The van der Waals surface area contributed by atoms with Gasteiger partial charge in [-0.25, -0.2) is 0 Å². The smallest absolute Gasteiger partial charge is 0.221 e. The predicted molar refractivity (Wildman–Crippen MR) is 92.7 cm³/mol. The number of rotatable bonds is 7. The van der Waals surface area contributed by atoms with E-state index in [9.17, 15) is 14.7 Å². The molecule has 2 amide bonds. The Labute approximate surface area is 143 Å². The van der Waals surface area contributed by atoms with Crippen molar-refractivity contribution in [1.29, 1.82) is 0 Å². The second-order valence-electron chi connectivity index (χ2n) is 6.46. The Hall–Kier alpha value is -2.08. The van der Waals surface area contributed by atoms with E-state index in [-0.39, 0.29) is 23.6 Å². The third-order valence-electron chi connectivity index (χ3n) is 4.66. The van der Waals surface area contributed by atoms with Crippen molar-refractivity contribution < 1.29 is 14.7 Å². The Morgan fingerprint density at radius 3 is 2.50 bits per heavy atom. The number of amides is 2. The number of phenols is 1. The minimum atomic E-state index is -0.0150. The van der Waals surface area contributed by atoms with Gasteiger partial charge in [-0.3, -0.25) is 14.5 Å². The summed E-state index contributed by atoms with van der Waals surface area (Å²) in [7, 11) is 2.02. The fourth-order valence-corrected chi connectivity index (χ4v) is 3.14. The average molecular weight is 333 g/mol. The van der Waals surface area contributed by atoms with E-state index in [1.165, 1.54) is 6.92 Å². The number of nitrogens with zero attached hydrogens (tertiary/aromatic N) is 1. The van der Waals surface area contributed by atoms with Crippen LogP contribution < -0.4 is 10.6 Å². The van der Waals surface area contributed by atoms with Crippen LogP contribution in [-0.4, -0.2) is 54.0 Å². The summed E-state index contributed by atoms with van der Waals surface area (Å²) in [6, 6.07) is 7.57. The highest BCUT2D eigenvalue weighted by atomic mass is 16.3. The third-order valence-corrected chi connectivity index (χ3v) is 4.66. The SMILES string of the molecule is CC(=O)NC[C@H]1CC[C@@H](CC(=O)NCCc2ccc(O)cc2)N1C. The number of nitrogens with one attached hydrogen (secondary N) is 2. The lowest BCUT2D eigenvalue weighted by molar-refractivity contribution is -0.122. The molecule has 0 aliphatic carbocycles. The lowest BCUT2D eigenvalue weighted by atomic mass is 10.1. The Bertz CT molecular complexity index is 559. The van der Waals surface area contributed by atoms with Gasteiger partial charge in [-0.05, 0) is 44.0 Å². The minimum Gasteiger partial charge on any atom is -0.508 e. The number of hydrogen-bond donors (Lipinski definition) is 3. The molecule has 1 heterocycles. The van der Waals surface area contributed by atoms with Crippen LogP contribution in [0.5, 0.6) is 5.75 Å². The number of likely N-dealkylation sites (N-methyl/N-ethyl adjacent to an activating group) is 1. The molecule has 2 rings (SSSR count). The lowest BCUT2D eigenvalue weighted by Crippen LogP contribution is -2.42. The van der Waals surface area contributed by atoms with E-state index in [1.807, 2.05) is 19.2 Å². The van der Waals surface area contributed by atoms with Crippen molar-refractivity contribution in [1.82, 2.24) is 15.5 Å². The van der Waals surface area contributed by atoms with Crippen LogP contribution in [-0.2, 0) is 16.0 Å². The van der Waals surface area contributed by atoms with Crippen molar-refractivity contribution in [2.75, 3.05) is 20.1 Å². The van der Waals surface area contributed by atoms with E-state index in [2.05, 4.69) is 15.5 Å². The average Bonchev–Trinajstić information content (AvgIpc) is 2.88. The number of phenolic OH excluding ortho intramolecular Hbond substituents is 1. The second kappa shape index (κ2) is 8.68. The molecule has 0 spiro atoms. The van der Waals surface area contributed by atoms with E-state index in [0.717, 1.165) is 24.8 Å². The van der Waals surface area contributed by atoms with Crippen LogP contribution in [0.4, 0.5) is 0 Å². The molecule has 0 bridgehead atoms. The number of hydrogen-bond acceptors (Lipinski definition) is 4. The molecule has 0 unspecified atom stereocenters. The van der Waals surface area contributed by atoms with Crippen molar-refractivity contribution >= 4 is 11.8 Å². The van der Waals surface area contributed by atoms with Gasteiger partial charge in [0, 0.05) is 38.5 Å². The molecule has 0 radical (unpaired) electrons. The summed E-state index contributed by atoms with van der Waals surface area (Å²) in [6.07, 6.45) is 3.22. The first-order chi connectivity index (χ1) is 11.5. The summed E-state index contributed by atoms with van der Waals surface area (Å²) in [5.41, 5.74) is 1.08. The van der Waals surface area contributed by atoms with Gasteiger partial charge >= 0.3 is 0 Å². The van der Waals surface area contributed by atoms with Crippen LogP contribution in [0.15, 0.2) is 24.3 Å². The molecule has 2 atom stereocenters. The molecule has 132 valence electrons. The van der Waals surface area contributed by atoms with E-state index >= 15 is 0 Å². The largest absolute Gasteiger partial charge is 0.508 e. The zero-order valence-electron chi connectivity index (χ0n) is 14.4. The standard InChI is InChI=1S/C18H27N3O3/c1-13(22)20-12-16-6-5-15(21(16)2)11-18(24)19-10-9-14-3-7-17(23)8-4-14/h3-4,7-8,15-16,23H,5-6,9-12H2,1-2H3,(H,19,24)(H,20,22)/t15-,16+/m0/s1. The van der Waals surface area contributed by atoms with Crippen molar-refractivity contribution in [3.8, 4) is 5.75 Å². The van der Waals surface area contributed by atoms with Crippen LogP contribution in [0.1, 0.15) is 31.7 Å². The van der Waals surface area contributed by atoms with Crippen LogP contribution in [0.3, 0.4) is 0 Å². The topological polar surface area (TPSA) is 81.7 Å². The normalized spacial score (nSPS) is 20.8.